The Morgan fingerprint density at radius 1 is 1.32 bits per heavy atom. The SMILES string of the molecule is CN(Cc1ccnc(C(N)=NO)c1)c1ccccc1. The van der Waals surface area contributed by atoms with E-state index in [0.29, 0.717) is 5.69 Å². The zero-order valence-corrected chi connectivity index (χ0v) is 10.7. The third kappa shape index (κ3) is 3.22. The highest BCUT2D eigenvalue weighted by Crippen LogP contribution is 2.14. The van der Waals surface area contributed by atoms with Gasteiger partial charge in [0.15, 0.2) is 5.84 Å². The van der Waals surface area contributed by atoms with Crippen molar-refractivity contribution in [2.24, 2.45) is 10.9 Å². The summed E-state index contributed by atoms with van der Waals surface area (Å²) >= 11 is 0. The summed E-state index contributed by atoms with van der Waals surface area (Å²) in [6, 6.07) is 13.8. The number of rotatable bonds is 4. The maximum absolute atomic E-state index is 8.65. The molecule has 0 amide bonds. The fraction of sp³-hybridized carbons (Fsp3) is 0.143. The van der Waals surface area contributed by atoms with Gasteiger partial charge in [0.2, 0.25) is 0 Å². The molecule has 0 aliphatic rings. The van der Waals surface area contributed by atoms with Gasteiger partial charge in [0.1, 0.15) is 5.69 Å². The van der Waals surface area contributed by atoms with Crippen LogP contribution in [0.2, 0.25) is 0 Å². The first-order valence-electron chi connectivity index (χ1n) is 5.89. The van der Waals surface area contributed by atoms with Gasteiger partial charge in [0.25, 0.3) is 0 Å². The molecule has 1 aromatic carbocycles. The second-order valence-corrected chi connectivity index (χ2v) is 4.23. The average Bonchev–Trinajstić information content (AvgIpc) is 2.47. The number of para-hydroxylation sites is 1. The summed E-state index contributed by atoms with van der Waals surface area (Å²) < 4.78 is 0. The van der Waals surface area contributed by atoms with Gasteiger partial charge in [-0.15, -0.1) is 0 Å². The molecule has 0 atom stereocenters. The van der Waals surface area contributed by atoms with E-state index in [1.165, 1.54) is 0 Å². The first-order chi connectivity index (χ1) is 9.20. The molecule has 5 heteroatoms. The summed E-state index contributed by atoms with van der Waals surface area (Å²) in [6.45, 7) is 0.720. The lowest BCUT2D eigenvalue weighted by atomic mass is 10.2. The van der Waals surface area contributed by atoms with Gasteiger partial charge in [-0.05, 0) is 29.8 Å². The maximum Gasteiger partial charge on any atom is 0.188 e. The van der Waals surface area contributed by atoms with Crippen LogP contribution in [-0.4, -0.2) is 23.1 Å². The Bertz CT molecular complexity index is 569. The van der Waals surface area contributed by atoms with E-state index in [2.05, 4.69) is 15.0 Å². The van der Waals surface area contributed by atoms with Crippen molar-refractivity contribution in [1.29, 1.82) is 0 Å². The van der Waals surface area contributed by atoms with Crippen LogP contribution in [0.25, 0.3) is 0 Å². The molecule has 98 valence electrons. The zero-order valence-electron chi connectivity index (χ0n) is 10.7. The van der Waals surface area contributed by atoms with Crippen molar-refractivity contribution in [3.05, 3.63) is 59.9 Å². The highest BCUT2D eigenvalue weighted by molar-refractivity contribution is 5.95. The molecule has 19 heavy (non-hydrogen) atoms. The van der Waals surface area contributed by atoms with Gasteiger partial charge in [0, 0.05) is 25.5 Å². The number of nitrogens with zero attached hydrogens (tertiary/aromatic N) is 3. The first-order valence-corrected chi connectivity index (χ1v) is 5.89. The minimum atomic E-state index is 0.0178. The number of hydrogen-bond acceptors (Lipinski definition) is 4. The third-order valence-corrected chi connectivity index (χ3v) is 2.81. The van der Waals surface area contributed by atoms with Crippen LogP contribution in [0.1, 0.15) is 11.3 Å². The van der Waals surface area contributed by atoms with E-state index in [-0.39, 0.29) is 5.84 Å². The number of aromatic nitrogens is 1. The van der Waals surface area contributed by atoms with E-state index in [9.17, 15) is 0 Å². The van der Waals surface area contributed by atoms with Crippen LogP contribution in [0.5, 0.6) is 0 Å². The molecule has 0 unspecified atom stereocenters. The van der Waals surface area contributed by atoms with Crippen LogP contribution in [0.15, 0.2) is 53.8 Å². The Morgan fingerprint density at radius 3 is 2.74 bits per heavy atom. The zero-order chi connectivity index (χ0) is 13.7. The van der Waals surface area contributed by atoms with E-state index in [0.717, 1.165) is 17.8 Å². The molecule has 0 aliphatic heterocycles. The van der Waals surface area contributed by atoms with Crippen LogP contribution >= 0.6 is 0 Å². The van der Waals surface area contributed by atoms with Gasteiger partial charge in [0.05, 0.1) is 0 Å². The molecule has 2 rings (SSSR count). The normalized spacial score (nSPS) is 11.3. The molecule has 3 N–H and O–H groups in total. The quantitative estimate of drug-likeness (QED) is 0.378. The van der Waals surface area contributed by atoms with Crippen LogP contribution < -0.4 is 10.6 Å². The molecule has 5 nitrogen and oxygen atoms in total. The van der Waals surface area contributed by atoms with Crippen molar-refractivity contribution in [1.82, 2.24) is 4.98 Å². The van der Waals surface area contributed by atoms with Gasteiger partial charge in [-0.2, -0.15) is 0 Å². The minimum Gasteiger partial charge on any atom is -0.409 e. The lowest BCUT2D eigenvalue weighted by molar-refractivity contribution is 0.318. The van der Waals surface area contributed by atoms with E-state index in [4.69, 9.17) is 10.9 Å². The number of nitrogens with two attached hydrogens (primary N) is 1. The predicted octanol–water partition coefficient (Wildman–Crippen LogP) is 1.81. The molecule has 0 spiro atoms. The summed E-state index contributed by atoms with van der Waals surface area (Å²) in [5.74, 6) is 0.0178. The van der Waals surface area contributed by atoms with Crippen molar-refractivity contribution in [3.63, 3.8) is 0 Å². The number of benzene rings is 1. The predicted molar refractivity (Wildman–Crippen MR) is 75.3 cm³/mol. The van der Waals surface area contributed by atoms with Crippen LogP contribution in [-0.2, 0) is 6.54 Å². The number of amidine groups is 1. The van der Waals surface area contributed by atoms with Crippen molar-refractivity contribution in [2.75, 3.05) is 11.9 Å². The average molecular weight is 256 g/mol. The molecule has 0 radical (unpaired) electrons. The Kier molecular flexibility index (Phi) is 3.97. The Hall–Kier alpha value is -2.56. The lowest BCUT2D eigenvalue weighted by Crippen LogP contribution is -2.18. The van der Waals surface area contributed by atoms with E-state index >= 15 is 0 Å². The van der Waals surface area contributed by atoms with Crippen LogP contribution in [0.4, 0.5) is 5.69 Å². The second kappa shape index (κ2) is 5.86. The standard InChI is InChI=1S/C14H16N4O/c1-18(12-5-3-2-4-6-12)10-11-7-8-16-13(9-11)14(15)17-19/h2-9,19H,10H2,1H3,(H2,15,17). The first kappa shape index (κ1) is 12.9. The summed E-state index contributed by atoms with van der Waals surface area (Å²) in [7, 11) is 2.01. The molecule has 0 aliphatic carbocycles. The number of oxime groups is 1. The summed E-state index contributed by atoms with van der Waals surface area (Å²) in [5.41, 5.74) is 8.18. The molecule has 0 bridgehead atoms. The number of hydrogen-bond donors (Lipinski definition) is 2. The fourth-order valence-corrected chi connectivity index (χ4v) is 1.81. The van der Waals surface area contributed by atoms with Gasteiger partial charge >= 0.3 is 0 Å². The van der Waals surface area contributed by atoms with Gasteiger partial charge in [-0.25, -0.2) is 0 Å². The second-order valence-electron chi connectivity index (χ2n) is 4.23. The van der Waals surface area contributed by atoms with E-state index in [1.54, 1.807) is 6.20 Å². The molecular formula is C14H16N4O. The number of anilines is 1. The summed E-state index contributed by atoms with van der Waals surface area (Å²) in [4.78, 5) is 6.17. The van der Waals surface area contributed by atoms with Gasteiger partial charge < -0.3 is 15.8 Å². The molecule has 0 fully saturated rings. The molecule has 2 aromatic rings. The largest absolute Gasteiger partial charge is 0.409 e. The van der Waals surface area contributed by atoms with Crippen molar-refractivity contribution in [2.45, 2.75) is 6.54 Å². The minimum absolute atomic E-state index is 0.0178. The topological polar surface area (TPSA) is 74.7 Å². The Balaban J connectivity index is 2.16. The monoisotopic (exact) mass is 256 g/mol. The van der Waals surface area contributed by atoms with E-state index in [1.807, 2.05) is 49.5 Å². The summed E-state index contributed by atoms with van der Waals surface area (Å²) in [5, 5.41) is 11.6. The van der Waals surface area contributed by atoms with Crippen molar-refractivity contribution >= 4 is 11.5 Å². The van der Waals surface area contributed by atoms with Crippen molar-refractivity contribution in [3.8, 4) is 0 Å². The highest BCUT2D eigenvalue weighted by atomic mass is 16.4. The molecule has 0 saturated carbocycles. The molecular weight excluding hydrogens is 240 g/mol. The van der Waals surface area contributed by atoms with Crippen molar-refractivity contribution < 1.29 is 5.21 Å². The number of pyridine rings is 1. The van der Waals surface area contributed by atoms with Gasteiger partial charge in [-0.1, -0.05) is 23.4 Å². The highest BCUT2D eigenvalue weighted by Gasteiger charge is 2.05. The fourth-order valence-electron chi connectivity index (χ4n) is 1.81. The smallest absolute Gasteiger partial charge is 0.188 e. The van der Waals surface area contributed by atoms with Crippen LogP contribution in [0, 0.1) is 0 Å². The summed E-state index contributed by atoms with van der Waals surface area (Å²) in [6.07, 6.45) is 1.65. The Morgan fingerprint density at radius 2 is 2.05 bits per heavy atom. The molecule has 1 heterocycles. The van der Waals surface area contributed by atoms with E-state index < -0.39 is 0 Å². The Labute approximate surface area is 112 Å². The van der Waals surface area contributed by atoms with Gasteiger partial charge in [-0.3, -0.25) is 4.98 Å². The van der Waals surface area contributed by atoms with Crippen LogP contribution in [0.3, 0.4) is 0 Å². The molecule has 0 saturated heterocycles. The third-order valence-electron chi connectivity index (χ3n) is 2.81. The molecule has 1 aromatic heterocycles. The lowest BCUT2D eigenvalue weighted by Gasteiger charge is -2.19. The maximum atomic E-state index is 8.65.